The summed E-state index contributed by atoms with van der Waals surface area (Å²) in [5.74, 6) is 1.02. The Labute approximate surface area is 212 Å². The van der Waals surface area contributed by atoms with Crippen LogP contribution < -0.4 is 10.5 Å². The molecule has 3 rings (SSSR count). The average molecular weight is 502 g/mol. The Hall–Kier alpha value is -2.15. The molecule has 0 unspecified atom stereocenters. The third-order valence-corrected chi connectivity index (χ3v) is 7.78. The Morgan fingerprint density at radius 2 is 1.85 bits per heavy atom. The van der Waals surface area contributed by atoms with Crippen LogP contribution in [0.15, 0.2) is 9.70 Å². The normalized spacial score (nSPS) is 18.4. The summed E-state index contributed by atoms with van der Waals surface area (Å²) < 4.78 is 2.32. The fraction of sp³-hybridized carbons (Fsp3) is 0.600. The molecule has 2 fully saturated rings. The van der Waals surface area contributed by atoms with Gasteiger partial charge >= 0.3 is 0 Å². The number of thioether (sulfide) groups is 1. The van der Waals surface area contributed by atoms with E-state index >= 15 is 0 Å². The number of thiocarbonyl (C=S) groups is 1. The van der Waals surface area contributed by atoms with Crippen molar-refractivity contribution in [3.63, 3.8) is 0 Å². The summed E-state index contributed by atoms with van der Waals surface area (Å²) in [5.41, 5.74) is 1.31. The molecule has 2 aliphatic rings. The van der Waals surface area contributed by atoms with Gasteiger partial charge in [-0.25, -0.2) is 0 Å². The number of piperazine rings is 1. The SMILES string of the molecule is CCCCn1c(N2CCN(CC)CC2)c(/C=C2/SC(=S)N(CC(C)C)C2=O)c(C)c(C#N)c1=O. The summed E-state index contributed by atoms with van der Waals surface area (Å²) in [6, 6.07) is 2.13. The topological polar surface area (TPSA) is 72.6 Å². The lowest BCUT2D eigenvalue weighted by molar-refractivity contribution is -0.122. The Bertz CT molecular complexity index is 1080. The van der Waals surface area contributed by atoms with E-state index in [-0.39, 0.29) is 17.0 Å². The molecule has 0 N–H and O–H groups in total. The van der Waals surface area contributed by atoms with Crippen molar-refractivity contribution in [3.8, 4) is 6.07 Å². The highest BCUT2D eigenvalue weighted by molar-refractivity contribution is 8.26. The second-order valence-electron chi connectivity index (χ2n) is 9.27. The van der Waals surface area contributed by atoms with Crippen LogP contribution in [0.2, 0.25) is 0 Å². The van der Waals surface area contributed by atoms with Gasteiger partial charge in [-0.15, -0.1) is 0 Å². The van der Waals surface area contributed by atoms with Gasteiger partial charge in [0.05, 0.1) is 4.91 Å². The van der Waals surface area contributed by atoms with E-state index in [1.54, 1.807) is 9.47 Å². The fourth-order valence-electron chi connectivity index (χ4n) is 4.44. The van der Waals surface area contributed by atoms with Gasteiger partial charge in [0.1, 0.15) is 21.8 Å². The van der Waals surface area contributed by atoms with E-state index in [1.165, 1.54) is 11.8 Å². The lowest BCUT2D eigenvalue weighted by Gasteiger charge is -2.37. The Balaban J connectivity index is 2.18. The molecule has 184 valence electrons. The van der Waals surface area contributed by atoms with Gasteiger partial charge < -0.3 is 9.80 Å². The second-order valence-corrected chi connectivity index (χ2v) is 10.9. The molecule has 9 heteroatoms. The van der Waals surface area contributed by atoms with Crippen LogP contribution in [0.1, 0.15) is 57.2 Å². The van der Waals surface area contributed by atoms with Crippen molar-refractivity contribution in [3.05, 3.63) is 31.9 Å². The predicted molar refractivity (Wildman–Crippen MR) is 144 cm³/mol. The molecule has 1 aromatic heterocycles. The molecule has 3 heterocycles. The van der Waals surface area contributed by atoms with Crippen LogP contribution >= 0.6 is 24.0 Å². The highest BCUT2D eigenvalue weighted by Gasteiger charge is 2.34. The van der Waals surface area contributed by atoms with Crippen molar-refractivity contribution in [2.45, 2.75) is 54.0 Å². The summed E-state index contributed by atoms with van der Waals surface area (Å²) in [7, 11) is 0. The minimum atomic E-state index is -0.245. The van der Waals surface area contributed by atoms with Crippen LogP contribution in [0.4, 0.5) is 5.82 Å². The first-order chi connectivity index (χ1) is 16.2. The summed E-state index contributed by atoms with van der Waals surface area (Å²) in [6.45, 7) is 15.7. The molecule has 0 aliphatic carbocycles. The third-order valence-electron chi connectivity index (χ3n) is 6.40. The number of carbonyl (C=O) groups excluding carboxylic acids is 1. The van der Waals surface area contributed by atoms with Crippen LogP contribution in [-0.2, 0) is 11.3 Å². The monoisotopic (exact) mass is 501 g/mol. The molecule has 0 aromatic carbocycles. The standard InChI is InChI=1S/C25H35N5O2S2/c1-6-8-9-29-22(28-12-10-27(7-2)11-13-28)19(18(5)20(15-26)23(29)31)14-21-24(32)30(16-17(3)4)25(33)34-21/h14,17H,6-13,16H2,1-5H3/b21-14+. The van der Waals surface area contributed by atoms with Gasteiger partial charge in [-0.3, -0.25) is 19.1 Å². The molecule has 0 saturated carbocycles. The maximum Gasteiger partial charge on any atom is 0.270 e. The Morgan fingerprint density at radius 1 is 1.18 bits per heavy atom. The van der Waals surface area contributed by atoms with Crippen LogP contribution in [0.5, 0.6) is 0 Å². The lowest BCUT2D eigenvalue weighted by Crippen LogP contribution is -2.48. The summed E-state index contributed by atoms with van der Waals surface area (Å²) >= 11 is 6.80. The number of hydrogen-bond donors (Lipinski definition) is 0. The molecule has 2 saturated heterocycles. The molecule has 0 radical (unpaired) electrons. The number of amides is 1. The first-order valence-corrected chi connectivity index (χ1v) is 13.4. The molecule has 0 atom stereocenters. The van der Waals surface area contributed by atoms with Gasteiger partial charge in [0, 0.05) is 44.8 Å². The number of rotatable bonds is 8. The number of unbranched alkanes of at least 4 members (excludes halogenated alkanes) is 1. The smallest absolute Gasteiger partial charge is 0.270 e. The van der Waals surface area contributed by atoms with Gasteiger partial charge in [-0.2, -0.15) is 5.26 Å². The first-order valence-electron chi connectivity index (χ1n) is 12.1. The van der Waals surface area contributed by atoms with Gasteiger partial charge in [-0.1, -0.05) is 58.1 Å². The quantitative estimate of drug-likeness (QED) is 0.396. The first kappa shape index (κ1) is 26.5. The third kappa shape index (κ3) is 5.40. The second kappa shape index (κ2) is 11.5. The van der Waals surface area contributed by atoms with Gasteiger partial charge in [0.25, 0.3) is 11.5 Å². The zero-order valence-corrected chi connectivity index (χ0v) is 22.5. The van der Waals surface area contributed by atoms with E-state index in [4.69, 9.17) is 12.2 Å². The summed E-state index contributed by atoms with van der Waals surface area (Å²) in [5, 5.41) is 9.83. The van der Waals surface area contributed by atoms with Crippen molar-refractivity contribution in [2.24, 2.45) is 5.92 Å². The van der Waals surface area contributed by atoms with Crippen molar-refractivity contribution >= 4 is 46.1 Å². The van der Waals surface area contributed by atoms with Gasteiger partial charge in [-0.05, 0) is 37.4 Å². The number of anilines is 1. The number of aromatic nitrogens is 1. The van der Waals surface area contributed by atoms with Gasteiger partial charge in [0.2, 0.25) is 0 Å². The minimum absolute atomic E-state index is 0.102. The highest BCUT2D eigenvalue weighted by Crippen LogP contribution is 2.36. The van der Waals surface area contributed by atoms with Crippen LogP contribution in [0.3, 0.4) is 0 Å². The van der Waals surface area contributed by atoms with E-state index in [1.807, 2.05) is 13.0 Å². The number of likely N-dealkylation sites (N-methyl/N-ethyl adjacent to an activating group) is 1. The van der Waals surface area contributed by atoms with E-state index in [9.17, 15) is 14.9 Å². The fourth-order valence-corrected chi connectivity index (χ4v) is 5.69. The zero-order valence-electron chi connectivity index (χ0n) is 20.9. The zero-order chi connectivity index (χ0) is 25.0. The average Bonchev–Trinajstić information content (AvgIpc) is 3.07. The number of nitriles is 1. The minimum Gasteiger partial charge on any atom is -0.355 e. The van der Waals surface area contributed by atoms with Gasteiger partial charge in [0.15, 0.2) is 0 Å². The maximum atomic E-state index is 13.4. The number of carbonyl (C=O) groups is 1. The van der Waals surface area contributed by atoms with Crippen LogP contribution in [-0.4, -0.2) is 63.9 Å². The molecule has 34 heavy (non-hydrogen) atoms. The van der Waals surface area contributed by atoms with Crippen LogP contribution in [0.25, 0.3) is 6.08 Å². The summed E-state index contributed by atoms with van der Waals surface area (Å²) in [6.07, 6.45) is 3.64. The largest absolute Gasteiger partial charge is 0.355 e. The molecular formula is C25H35N5O2S2. The van der Waals surface area contributed by atoms with Crippen molar-refractivity contribution in [2.75, 3.05) is 44.2 Å². The van der Waals surface area contributed by atoms with Crippen molar-refractivity contribution in [1.29, 1.82) is 5.26 Å². The van der Waals surface area contributed by atoms with Crippen molar-refractivity contribution in [1.82, 2.24) is 14.4 Å². The number of hydrogen-bond acceptors (Lipinski definition) is 7. The number of pyridine rings is 1. The molecule has 7 nitrogen and oxygen atoms in total. The molecule has 1 amide bonds. The molecule has 0 bridgehead atoms. The molecule has 0 spiro atoms. The lowest BCUT2D eigenvalue weighted by atomic mass is 10.0. The Kier molecular flexibility index (Phi) is 8.96. The van der Waals surface area contributed by atoms with E-state index in [0.29, 0.717) is 33.8 Å². The predicted octanol–water partition coefficient (Wildman–Crippen LogP) is 3.83. The molecule has 2 aliphatic heterocycles. The number of nitrogens with zero attached hydrogens (tertiary/aromatic N) is 5. The molecule has 1 aromatic rings. The maximum absolute atomic E-state index is 13.4. The van der Waals surface area contributed by atoms with Crippen molar-refractivity contribution < 1.29 is 4.79 Å². The van der Waals surface area contributed by atoms with Crippen LogP contribution in [0, 0.1) is 24.2 Å². The van der Waals surface area contributed by atoms with E-state index in [2.05, 4.69) is 43.6 Å². The highest BCUT2D eigenvalue weighted by atomic mass is 32.2. The Morgan fingerprint density at radius 3 is 2.41 bits per heavy atom. The van der Waals surface area contributed by atoms with E-state index in [0.717, 1.165) is 56.9 Å². The summed E-state index contributed by atoms with van der Waals surface area (Å²) in [4.78, 5) is 33.4. The van der Waals surface area contributed by atoms with E-state index < -0.39 is 0 Å². The molecular weight excluding hydrogens is 466 g/mol.